The fourth-order valence-electron chi connectivity index (χ4n) is 1.48. The summed E-state index contributed by atoms with van der Waals surface area (Å²) in [6.07, 6.45) is 2.85. The smallest absolute Gasteiger partial charge is 0.246 e. The molecule has 6 heteroatoms. The third kappa shape index (κ3) is 3.94. The first-order valence-corrected chi connectivity index (χ1v) is 5.60. The Balaban J connectivity index is 2.00. The lowest BCUT2D eigenvalue weighted by molar-refractivity contribution is -0.116. The zero-order valence-corrected chi connectivity index (χ0v) is 10.1. The molecule has 2 N–H and O–H groups in total. The van der Waals surface area contributed by atoms with Crippen LogP contribution in [0.1, 0.15) is 5.56 Å². The van der Waals surface area contributed by atoms with Crippen LogP contribution >= 0.6 is 0 Å². The molecule has 6 nitrogen and oxygen atoms in total. The van der Waals surface area contributed by atoms with E-state index in [4.69, 9.17) is 5.11 Å². The zero-order valence-electron chi connectivity index (χ0n) is 10.1. The molecular formula is C13H12N4O2. The van der Waals surface area contributed by atoms with Gasteiger partial charge in [-0.1, -0.05) is 17.9 Å². The Kier molecular flexibility index (Phi) is 4.26. The van der Waals surface area contributed by atoms with Gasteiger partial charge < -0.3 is 10.4 Å². The average Bonchev–Trinajstić information content (AvgIpc) is 2.89. The quantitative estimate of drug-likeness (QED) is 0.772. The van der Waals surface area contributed by atoms with Crippen molar-refractivity contribution in [3.63, 3.8) is 0 Å². The van der Waals surface area contributed by atoms with E-state index in [2.05, 4.69) is 27.2 Å². The van der Waals surface area contributed by atoms with E-state index >= 15 is 0 Å². The number of aliphatic hydroxyl groups is 1. The third-order valence-corrected chi connectivity index (χ3v) is 2.23. The second kappa shape index (κ2) is 6.33. The molecule has 19 heavy (non-hydrogen) atoms. The maximum absolute atomic E-state index is 11.7. The lowest BCUT2D eigenvalue weighted by Crippen LogP contribution is -2.19. The zero-order chi connectivity index (χ0) is 13.5. The van der Waals surface area contributed by atoms with Crippen molar-refractivity contribution in [2.24, 2.45) is 0 Å². The first kappa shape index (κ1) is 12.8. The van der Waals surface area contributed by atoms with Gasteiger partial charge in [-0.2, -0.15) is 5.10 Å². The van der Waals surface area contributed by atoms with Crippen molar-refractivity contribution in [3.8, 4) is 11.8 Å². The maximum Gasteiger partial charge on any atom is 0.246 e. The molecule has 2 rings (SSSR count). The number of carbonyl (C=O) groups excluding carboxylic acids is 1. The van der Waals surface area contributed by atoms with Gasteiger partial charge in [0.2, 0.25) is 5.91 Å². The van der Waals surface area contributed by atoms with E-state index < -0.39 is 0 Å². The van der Waals surface area contributed by atoms with Gasteiger partial charge in [-0.3, -0.25) is 4.79 Å². The average molecular weight is 256 g/mol. The Morgan fingerprint density at radius 2 is 2.37 bits per heavy atom. The number of aromatic nitrogens is 3. The molecule has 0 radical (unpaired) electrons. The summed E-state index contributed by atoms with van der Waals surface area (Å²) in [5.41, 5.74) is 1.38. The highest BCUT2D eigenvalue weighted by Crippen LogP contribution is 2.09. The number of hydrogen-bond acceptors (Lipinski definition) is 4. The van der Waals surface area contributed by atoms with E-state index in [1.54, 1.807) is 24.3 Å². The molecule has 0 unspecified atom stereocenters. The highest BCUT2D eigenvalue weighted by atomic mass is 16.2. The minimum atomic E-state index is -0.197. The number of rotatable bonds is 3. The molecule has 0 atom stereocenters. The van der Waals surface area contributed by atoms with Crippen LogP contribution in [0.5, 0.6) is 0 Å². The topological polar surface area (TPSA) is 80.0 Å². The fraction of sp³-hybridized carbons (Fsp3) is 0.154. The number of anilines is 1. The Labute approximate surface area is 110 Å². The van der Waals surface area contributed by atoms with Gasteiger partial charge in [-0.05, 0) is 18.2 Å². The number of aliphatic hydroxyl groups excluding tert-OH is 1. The number of carbonyl (C=O) groups is 1. The van der Waals surface area contributed by atoms with Gasteiger partial charge in [-0.15, -0.1) is 0 Å². The van der Waals surface area contributed by atoms with Crippen LogP contribution in [-0.4, -0.2) is 32.4 Å². The standard InChI is InChI=1S/C13H12N4O2/c18-6-2-4-11-3-1-5-12(7-11)16-13(19)8-17-10-14-9-15-17/h1,3,5,7,9-10,18H,6,8H2,(H,16,19). The van der Waals surface area contributed by atoms with Crippen LogP contribution in [0.15, 0.2) is 36.9 Å². The van der Waals surface area contributed by atoms with Gasteiger partial charge in [-0.25, -0.2) is 9.67 Å². The van der Waals surface area contributed by atoms with Crippen molar-refractivity contribution in [2.75, 3.05) is 11.9 Å². The summed E-state index contributed by atoms with van der Waals surface area (Å²) < 4.78 is 1.44. The van der Waals surface area contributed by atoms with Gasteiger partial charge in [0.1, 0.15) is 25.8 Å². The van der Waals surface area contributed by atoms with Crippen LogP contribution in [0.25, 0.3) is 0 Å². The highest BCUT2D eigenvalue weighted by Gasteiger charge is 2.04. The van der Waals surface area contributed by atoms with Gasteiger partial charge in [0.25, 0.3) is 0 Å². The van der Waals surface area contributed by atoms with Crippen molar-refractivity contribution in [3.05, 3.63) is 42.5 Å². The molecule has 1 aromatic carbocycles. The highest BCUT2D eigenvalue weighted by molar-refractivity contribution is 5.90. The van der Waals surface area contributed by atoms with E-state index in [-0.39, 0.29) is 19.1 Å². The monoisotopic (exact) mass is 256 g/mol. The Morgan fingerprint density at radius 3 is 3.11 bits per heavy atom. The van der Waals surface area contributed by atoms with Gasteiger partial charge in [0.05, 0.1) is 0 Å². The molecular weight excluding hydrogens is 244 g/mol. The Morgan fingerprint density at radius 1 is 1.47 bits per heavy atom. The molecule has 2 aromatic rings. The molecule has 0 bridgehead atoms. The minimum Gasteiger partial charge on any atom is -0.384 e. The van der Waals surface area contributed by atoms with E-state index in [0.717, 1.165) is 5.56 Å². The van der Waals surface area contributed by atoms with Gasteiger partial charge in [0, 0.05) is 11.3 Å². The summed E-state index contributed by atoms with van der Waals surface area (Å²) in [5.74, 6) is 5.13. The molecule has 1 amide bonds. The van der Waals surface area contributed by atoms with Crippen LogP contribution in [0.3, 0.4) is 0 Å². The lowest BCUT2D eigenvalue weighted by atomic mass is 10.2. The molecule has 0 fully saturated rings. The van der Waals surface area contributed by atoms with Gasteiger partial charge >= 0.3 is 0 Å². The molecule has 1 heterocycles. The van der Waals surface area contributed by atoms with Crippen molar-refractivity contribution < 1.29 is 9.90 Å². The van der Waals surface area contributed by atoms with E-state index in [9.17, 15) is 4.79 Å². The molecule has 96 valence electrons. The Bertz CT molecular complexity index is 611. The molecule has 0 aliphatic carbocycles. The van der Waals surface area contributed by atoms with E-state index in [0.29, 0.717) is 5.69 Å². The van der Waals surface area contributed by atoms with Crippen LogP contribution in [0.2, 0.25) is 0 Å². The SMILES string of the molecule is O=C(Cn1cncn1)Nc1cccc(C#CCO)c1. The number of nitrogens with one attached hydrogen (secondary N) is 1. The normalized spacial score (nSPS) is 9.53. The lowest BCUT2D eigenvalue weighted by Gasteiger charge is -2.05. The molecule has 0 saturated heterocycles. The Hall–Kier alpha value is -2.65. The van der Waals surface area contributed by atoms with Crippen LogP contribution in [0.4, 0.5) is 5.69 Å². The molecule has 1 aromatic heterocycles. The second-order valence-corrected chi connectivity index (χ2v) is 3.68. The largest absolute Gasteiger partial charge is 0.384 e. The summed E-state index contributed by atoms with van der Waals surface area (Å²) in [5, 5.41) is 15.2. The van der Waals surface area contributed by atoms with Gasteiger partial charge in [0.15, 0.2) is 0 Å². The molecule has 0 aliphatic rings. The molecule has 0 spiro atoms. The van der Waals surface area contributed by atoms with Crippen molar-refractivity contribution >= 4 is 11.6 Å². The molecule has 0 aliphatic heterocycles. The fourth-order valence-corrected chi connectivity index (χ4v) is 1.48. The second-order valence-electron chi connectivity index (χ2n) is 3.68. The summed E-state index contributed by atoms with van der Waals surface area (Å²) >= 11 is 0. The van der Waals surface area contributed by atoms with E-state index in [1.165, 1.54) is 17.3 Å². The summed E-state index contributed by atoms with van der Waals surface area (Å²) in [6, 6.07) is 7.09. The molecule has 0 saturated carbocycles. The summed E-state index contributed by atoms with van der Waals surface area (Å²) in [4.78, 5) is 15.5. The first-order valence-electron chi connectivity index (χ1n) is 5.60. The third-order valence-electron chi connectivity index (χ3n) is 2.23. The minimum absolute atomic E-state index is 0.104. The predicted octanol–water partition coefficient (Wildman–Crippen LogP) is 0.261. The van der Waals surface area contributed by atoms with Crippen LogP contribution < -0.4 is 5.32 Å². The van der Waals surface area contributed by atoms with E-state index in [1.807, 2.05) is 0 Å². The van der Waals surface area contributed by atoms with Crippen LogP contribution in [0, 0.1) is 11.8 Å². The predicted molar refractivity (Wildman–Crippen MR) is 69.1 cm³/mol. The maximum atomic E-state index is 11.7. The van der Waals surface area contributed by atoms with Crippen molar-refractivity contribution in [1.29, 1.82) is 0 Å². The summed E-state index contributed by atoms with van der Waals surface area (Å²) in [7, 11) is 0. The number of hydrogen-bond donors (Lipinski definition) is 2. The summed E-state index contributed by atoms with van der Waals surface area (Å²) in [6.45, 7) is -0.0879. The number of nitrogens with zero attached hydrogens (tertiary/aromatic N) is 3. The first-order chi connectivity index (χ1) is 9.28. The van der Waals surface area contributed by atoms with Crippen LogP contribution in [-0.2, 0) is 11.3 Å². The van der Waals surface area contributed by atoms with Crippen molar-refractivity contribution in [1.82, 2.24) is 14.8 Å². The number of amides is 1. The van der Waals surface area contributed by atoms with Crippen molar-refractivity contribution in [2.45, 2.75) is 6.54 Å². The number of benzene rings is 1.